The molecule has 4 nitrogen and oxygen atoms in total. The molecular weight excluding hydrogens is 302 g/mol. The molecule has 0 heterocycles. The van der Waals surface area contributed by atoms with E-state index in [1.54, 1.807) is 14.2 Å². The molecule has 0 fully saturated rings. The Kier molecular flexibility index (Phi) is 6.36. The Bertz CT molecular complexity index is 668. The van der Waals surface area contributed by atoms with E-state index in [1.165, 1.54) is 11.1 Å². The van der Waals surface area contributed by atoms with Gasteiger partial charge in [-0.05, 0) is 42.2 Å². The molecule has 2 aromatic carbocycles. The van der Waals surface area contributed by atoms with Crippen molar-refractivity contribution in [2.45, 2.75) is 26.7 Å². The molecule has 1 N–H and O–H groups in total. The molecule has 0 aliphatic carbocycles. The van der Waals surface area contributed by atoms with Crippen LogP contribution in [0, 0.1) is 6.92 Å². The molecule has 2 rings (SSSR count). The monoisotopic (exact) mass is 329 g/mol. The molecule has 0 amide bonds. The Morgan fingerprint density at radius 3 is 2.42 bits per heavy atom. The maximum atomic E-state index is 6.00. The highest BCUT2D eigenvalue weighted by atomic mass is 16.5. The summed E-state index contributed by atoms with van der Waals surface area (Å²) < 4.78 is 16.6. The van der Waals surface area contributed by atoms with Crippen molar-refractivity contribution in [2.75, 3.05) is 32.7 Å². The maximum absolute atomic E-state index is 6.00. The predicted molar refractivity (Wildman–Crippen MR) is 98.8 cm³/mol. The molecular formula is C20H27NO3. The van der Waals surface area contributed by atoms with Crippen LogP contribution in [0.2, 0.25) is 0 Å². The van der Waals surface area contributed by atoms with Gasteiger partial charge >= 0.3 is 0 Å². The molecule has 0 aromatic heterocycles. The summed E-state index contributed by atoms with van der Waals surface area (Å²) in [6.07, 6.45) is 0. The van der Waals surface area contributed by atoms with E-state index in [0.29, 0.717) is 19.1 Å². The highest BCUT2D eigenvalue weighted by molar-refractivity contribution is 5.59. The molecule has 0 bridgehead atoms. The zero-order valence-corrected chi connectivity index (χ0v) is 15.2. The first kappa shape index (κ1) is 18.0. The van der Waals surface area contributed by atoms with Gasteiger partial charge in [-0.15, -0.1) is 0 Å². The molecule has 0 unspecified atom stereocenters. The van der Waals surface area contributed by atoms with Crippen molar-refractivity contribution in [3.05, 3.63) is 47.5 Å². The summed E-state index contributed by atoms with van der Waals surface area (Å²) in [5, 5.41) is 3.34. The standard InChI is InChI=1S/C20H27NO3/c1-14(2)17-8-6-15(3)12-20(17)24-11-10-21-18-13-16(22-4)7-9-19(18)23-5/h6-9,12-14,21H,10-11H2,1-5H3. The van der Waals surface area contributed by atoms with E-state index in [2.05, 4.69) is 44.3 Å². The van der Waals surface area contributed by atoms with Gasteiger partial charge in [0.15, 0.2) is 0 Å². The van der Waals surface area contributed by atoms with Crippen molar-refractivity contribution in [3.8, 4) is 17.2 Å². The average Bonchev–Trinajstić information content (AvgIpc) is 2.58. The number of benzene rings is 2. The largest absolute Gasteiger partial charge is 0.497 e. The molecule has 0 atom stereocenters. The van der Waals surface area contributed by atoms with Crippen LogP contribution in [0.25, 0.3) is 0 Å². The second-order valence-electron chi connectivity index (χ2n) is 6.04. The maximum Gasteiger partial charge on any atom is 0.142 e. The first-order valence-corrected chi connectivity index (χ1v) is 8.24. The first-order chi connectivity index (χ1) is 11.5. The lowest BCUT2D eigenvalue weighted by molar-refractivity contribution is 0.327. The van der Waals surface area contributed by atoms with Gasteiger partial charge in [-0.2, -0.15) is 0 Å². The number of methoxy groups -OCH3 is 2. The predicted octanol–water partition coefficient (Wildman–Crippen LogP) is 4.63. The third-order valence-corrected chi connectivity index (χ3v) is 3.87. The molecule has 0 aliphatic rings. The van der Waals surface area contributed by atoms with E-state index in [4.69, 9.17) is 14.2 Å². The number of anilines is 1. The van der Waals surface area contributed by atoms with Crippen LogP contribution < -0.4 is 19.5 Å². The molecule has 0 spiro atoms. The van der Waals surface area contributed by atoms with Gasteiger partial charge in [0.2, 0.25) is 0 Å². The average molecular weight is 329 g/mol. The van der Waals surface area contributed by atoms with E-state index < -0.39 is 0 Å². The lowest BCUT2D eigenvalue weighted by atomic mass is 10.0. The normalized spacial score (nSPS) is 10.6. The highest BCUT2D eigenvalue weighted by Gasteiger charge is 2.09. The fraction of sp³-hybridized carbons (Fsp3) is 0.400. The SMILES string of the molecule is COc1ccc(OC)c(NCCOc2cc(C)ccc2C(C)C)c1. The van der Waals surface area contributed by atoms with E-state index in [9.17, 15) is 0 Å². The molecule has 0 saturated heterocycles. The minimum Gasteiger partial charge on any atom is -0.497 e. The lowest BCUT2D eigenvalue weighted by Crippen LogP contribution is -2.13. The van der Waals surface area contributed by atoms with E-state index in [1.807, 2.05) is 18.2 Å². The summed E-state index contributed by atoms with van der Waals surface area (Å²) in [6, 6.07) is 12.1. The number of rotatable bonds is 8. The van der Waals surface area contributed by atoms with Crippen LogP contribution in [0.1, 0.15) is 30.9 Å². The number of hydrogen-bond acceptors (Lipinski definition) is 4. The number of ether oxygens (including phenoxy) is 3. The van der Waals surface area contributed by atoms with Crippen LogP contribution in [-0.2, 0) is 0 Å². The van der Waals surface area contributed by atoms with Crippen LogP contribution in [0.4, 0.5) is 5.69 Å². The van der Waals surface area contributed by atoms with Crippen LogP contribution in [-0.4, -0.2) is 27.4 Å². The van der Waals surface area contributed by atoms with Crippen LogP contribution in [0.5, 0.6) is 17.2 Å². The zero-order chi connectivity index (χ0) is 17.5. The van der Waals surface area contributed by atoms with Gasteiger partial charge in [0.25, 0.3) is 0 Å². The van der Waals surface area contributed by atoms with Gasteiger partial charge in [-0.1, -0.05) is 26.0 Å². The third-order valence-electron chi connectivity index (χ3n) is 3.87. The highest BCUT2D eigenvalue weighted by Crippen LogP contribution is 2.29. The third kappa shape index (κ3) is 4.57. The minimum atomic E-state index is 0.437. The first-order valence-electron chi connectivity index (χ1n) is 8.24. The summed E-state index contributed by atoms with van der Waals surface area (Å²) in [5.41, 5.74) is 3.34. The van der Waals surface area contributed by atoms with E-state index in [0.717, 1.165) is 22.9 Å². The number of nitrogens with one attached hydrogen (secondary N) is 1. The van der Waals surface area contributed by atoms with Gasteiger partial charge in [0, 0.05) is 12.6 Å². The van der Waals surface area contributed by atoms with Crippen LogP contribution in [0.15, 0.2) is 36.4 Å². The Hall–Kier alpha value is -2.36. The number of aryl methyl sites for hydroxylation is 1. The topological polar surface area (TPSA) is 39.7 Å². The Morgan fingerprint density at radius 2 is 1.75 bits per heavy atom. The number of hydrogen-bond donors (Lipinski definition) is 1. The van der Waals surface area contributed by atoms with Crippen LogP contribution >= 0.6 is 0 Å². The summed E-state index contributed by atoms with van der Waals surface area (Å²) in [7, 11) is 3.31. The van der Waals surface area contributed by atoms with Gasteiger partial charge < -0.3 is 19.5 Å². The van der Waals surface area contributed by atoms with Crippen molar-refractivity contribution in [1.82, 2.24) is 0 Å². The Balaban J connectivity index is 1.97. The summed E-state index contributed by atoms with van der Waals surface area (Å²) in [4.78, 5) is 0. The van der Waals surface area contributed by atoms with Crippen molar-refractivity contribution < 1.29 is 14.2 Å². The molecule has 0 radical (unpaired) electrons. The quantitative estimate of drug-likeness (QED) is 0.717. The molecule has 0 saturated carbocycles. The van der Waals surface area contributed by atoms with E-state index in [-0.39, 0.29) is 0 Å². The molecule has 0 aliphatic heterocycles. The second kappa shape index (κ2) is 8.48. The lowest BCUT2D eigenvalue weighted by Gasteiger charge is -2.16. The van der Waals surface area contributed by atoms with E-state index >= 15 is 0 Å². The van der Waals surface area contributed by atoms with Crippen molar-refractivity contribution >= 4 is 5.69 Å². The van der Waals surface area contributed by atoms with Crippen LogP contribution in [0.3, 0.4) is 0 Å². The molecule has 4 heteroatoms. The van der Waals surface area contributed by atoms with Gasteiger partial charge in [0.05, 0.1) is 19.9 Å². The summed E-state index contributed by atoms with van der Waals surface area (Å²) in [6.45, 7) is 7.68. The molecule has 2 aromatic rings. The summed E-state index contributed by atoms with van der Waals surface area (Å²) in [5.74, 6) is 2.98. The minimum absolute atomic E-state index is 0.437. The Morgan fingerprint density at radius 1 is 0.958 bits per heavy atom. The summed E-state index contributed by atoms with van der Waals surface area (Å²) >= 11 is 0. The fourth-order valence-electron chi connectivity index (χ4n) is 2.54. The van der Waals surface area contributed by atoms with Crippen molar-refractivity contribution in [2.24, 2.45) is 0 Å². The Labute approximate surface area is 144 Å². The van der Waals surface area contributed by atoms with Gasteiger partial charge in [0.1, 0.15) is 23.9 Å². The fourth-order valence-corrected chi connectivity index (χ4v) is 2.54. The molecule has 130 valence electrons. The van der Waals surface area contributed by atoms with Gasteiger partial charge in [-0.25, -0.2) is 0 Å². The van der Waals surface area contributed by atoms with Gasteiger partial charge in [-0.3, -0.25) is 0 Å². The second-order valence-corrected chi connectivity index (χ2v) is 6.04. The smallest absolute Gasteiger partial charge is 0.142 e. The molecule has 24 heavy (non-hydrogen) atoms. The van der Waals surface area contributed by atoms with Crippen molar-refractivity contribution in [1.29, 1.82) is 0 Å². The zero-order valence-electron chi connectivity index (χ0n) is 15.2. The van der Waals surface area contributed by atoms with Crippen molar-refractivity contribution in [3.63, 3.8) is 0 Å².